The van der Waals surface area contributed by atoms with Gasteiger partial charge in [0, 0.05) is 14.2 Å². The number of rotatable bonds is 2. The number of ether oxygens (including phenoxy) is 2. The minimum Gasteiger partial charge on any atom is -0.381 e. The summed E-state index contributed by atoms with van der Waals surface area (Å²) in [5.74, 6) is 0.555. The Morgan fingerprint density at radius 3 is 1.31 bits per heavy atom. The van der Waals surface area contributed by atoms with Crippen molar-refractivity contribution in [3.8, 4) is 12.1 Å². The third kappa shape index (κ3) is 3.48. The van der Waals surface area contributed by atoms with Gasteiger partial charge in [-0.05, 0) is 25.7 Å². The van der Waals surface area contributed by atoms with E-state index in [1.54, 1.807) is 14.2 Å². The summed E-state index contributed by atoms with van der Waals surface area (Å²) >= 11 is 0. The Morgan fingerprint density at radius 1 is 0.812 bits per heavy atom. The summed E-state index contributed by atoms with van der Waals surface area (Å²) in [5.41, 5.74) is 0. The number of methoxy groups -OCH3 is 2. The smallest absolute Gasteiger partial charge is 0.0657 e. The quantitative estimate of drug-likeness (QED) is 0.715. The Bertz CT molecular complexity index is 250. The fourth-order valence-electron chi connectivity index (χ4n) is 1.73. The number of hydrogen-bond acceptors (Lipinski definition) is 4. The molecule has 0 atom stereocenters. The third-order valence-electron chi connectivity index (χ3n) is 3.22. The zero-order chi connectivity index (χ0) is 12.0. The minimum atomic E-state index is 0.278. The first kappa shape index (κ1) is 13.0. The zero-order valence-corrected chi connectivity index (χ0v) is 9.85. The molecule has 0 radical (unpaired) electrons. The number of nitriles is 2. The Hall–Kier alpha value is -1.10. The summed E-state index contributed by atoms with van der Waals surface area (Å²) in [6.07, 6.45) is 4.50. The van der Waals surface area contributed by atoms with Gasteiger partial charge in [0.1, 0.15) is 0 Å². The van der Waals surface area contributed by atoms with E-state index in [1.165, 1.54) is 0 Å². The molecule has 4 nitrogen and oxygen atoms in total. The predicted molar refractivity (Wildman–Crippen MR) is 58.3 cm³/mol. The molecule has 2 fully saturated rings. The fourth-order valence-corrected chi connectivity index (χ4v) is 1.73. The maximum atomic E-state index is 8.29. The van der Waals surface area contributed by atoms with Crippen molar-refractivity contribution in [3.63, 3.8) is 0 Å². The SMILES string of the molecule is COC1CC(C#N)C1.COC1CC(C#N)C1. The average molecular weight is 222 g/mol. The first-order valence-electron chi connectivity index (χ1n) is 5.58. The van der Waals surface area contributed by atoms with Crippen LogP contribution in [-0.4, -0.2) is 26.4 Å². The summed E-state index contributed by atoms with van der Waals surface area (Å²) in [4.78, 5) is 0. The first-order valence-corrected chi connectivity index (χ1v) is 5.58. The van der Waals surface area contributed by atoms with Crippen LogP contribution in [0.15, 0.2) is 0 Å². The lowest BCUT2D eigenvalue weighted by Gasteiger charge is -2.28. The van der Waals surface area contributed by atoms with E-state index >= 15 is 0 Å². The normalized spacial score (nSPS) is 35.5. The van der Waals surface area contributed by atoms with E-state index < -0.39 is 0 Å². The van der Waals surface area contributed by atoms with Crippen molar-refractivity contribution >= 4 is 0 Å². The Balaban J connectivity index is 0.000000160. The van der Waals surface area contributed by atoms with Crippen LogP contribution in [0.5, 0.6) is 0 Å². The van der Waals surface area contributed by atoms with E-state index in [2.05, 4.69) is 12.1 Å². The molecule has 0 bridgehead atoms. The molecule has 0 N–H and O–H groups in total. The zero-order valence-electron chi connectivity index (χ0n) is 9.85. The molecule has 0 saturated heterocycles. The molecule has 2 aliphatic rings. The van der Waals surface area contributed by atoms with Gasteiger partial charge in [-0.25, -0.2) is 0 Å². The highest BCUT2D eigenvalue weighted by atomic mass is 16.5. The summed E-state index contributed by atoms with van der Waals surface area (Å²) < 4.78 is 9.93. The van der Waals surface area contributed by atoms with Crippen molar-refractivity contribution in [1.29, 1.82) is 10.5 Å². The molecular formula is C12H18N2O2. The van der Waals surface area contributed by atoms with Crippen LogP contribution in [0.1, 0.15) is 25.7 Å². The highest BCUT2D eigenvalue weighted by molar-refractivity contribution is 4.94. The number of nitrogens with zero attached hydrogens (tertiary/aromatic N) is 2. The van der Waals surface area contributed by atoms with Crippen LogP contribution >= 0.6 is 0 Å². The van der Waals surface area contributed by atoms with E-state index in [0.29, 0.717) is 12.2 Å². The summed E-state index contributed by atoms with van der Waals surface area (Å²) in [6, 6.07) is 4.37. The van der Waals surface area contributed by atoms with Crippen molar-refractivity contribution in [2.75, 3.05) is 14.2 Å². The van der Waals surface area contributed by atoms with E-state index in [9.17, 15) is 0 Å². The van der Waals surface area contributed by atoms with Gasteiger partial charge in [-0.15, -0.1) is 0 Å². The number of hydrogen-bond donors (Lipinski definition) is 0. The highest BCUT2D eigenvalue weighted by Gasteiger charge is 2.28. The molecule has 88 valence electrons. The lowest BCUT2D eigenvalue weighted by molar-refractivity contribution is 0.0185. The first-order chi connectivity index (χ1) is 7.73. The van der Waals surface area contributed by atoms with Crippen molar-refractivity contribution < 1.29 is 9.47 Å². The summed E-state index contributed by atoms with van der Waals surface area (Å²) in [6.45, 7) is 0. The van der Waals surface area contributed by atoms with E-state index in [-0.39, 0.29) is 11.8 Å². The molecule has 0 aliphatic heterocycles. The molecule has 0 heterocycles. The van der Waals surface area contributed by atoms with Gasteiger partial charge in [0.25, 0.3) is 0 Å². The van der Waals surface area contributed by atoms with Gasteiger partial charge >= 0.3 is 0 Å². The molecule has 0 unspecified atom stereocenters. The molecule has 0 aromatic heterocycles. The van der Waals surface area contributed by atoms with Gasteiger partial charge in [-0.1, -0.05) is 0 Å². The van der Waals surface area contributed by atoms with Crippen molar-refractivity contribution in [2.45, 2.75) is 37.9 Å². The molecule has 0 amide bonds. The fraction of sp³-hybridized carbons (Fsp3) is 0.833. The van der Waals surface area contributed by atoms with Crippen LogP contribution in [-0.2, 0) is 9.47 Å². The van der Waals surface area contributed by atoms with Crippen molar-refractivity contribution in [2.24, 2.45) is 11.8 Å². The molecule has 4 heteroatoms. The lowest BCUT2D eigenvalue weighted by Crippen LogP contribution is -2.28. The largest absolute Gasteiger partial charge is 0.381 e. The Kier molecular flexibility index (Phi) is 5.25. The van der Waals surface area contributed by atoms with Crippen LogP contribution in [0.3, 0.4) is 0 Å². The average Bonchev–Trinajstić information content (AvgIpc) is 2.17. The maximum Gasteiger partial charge on any atom is 0.0657 e. The molecule has 0 spiro atoms. The summed E-state index contributed by atoms with van der Waals surface area (Å²) in [5, 5.41) is 16.6. The van der Waals surface area contributed by atoms with E-state index in [0.717, 1.165) is 25.7 Å². The second-order valence-electron chi connectivity index (χ2n) is 4.31. The van der Waals surface area contributed by atoms with Gasteiger partial charge in [0.2, 0.25) is 0 Å². The van der Waals surface area contributed by atoms with Crippen LogP contribution < -0.4 is 0 Å². The van der Waals surface area contributed by atoms with Crippen LogP contribution in [0.4, 0.5) is 0 Å². The summed E-state index contributed by atoms with van der Waals surface area (Å²) in [7, 11) is 3.39. The second kappa shape index (κ2) is 6.48. The predicted octanol–water partition coefficient (Wildman–Crippen LogP) is 1.87. The minimum absolute atomic E-state index is 0.278. The second-order valence-corrected chi connectivity index (χ2v) is 4.31. The van der Waals surface area contributed by atoms with Gasteiger partial charge in [0.05, 0.1) is 36.2 Å². The molecule has 16 heavy (non-hydrogen) atoms. The Labute approximate surface area is 96.8 Å². The van der Waals surface area contributed by atoms with Gasteiger partial charge in [-0.3, -0.25) is 0 Å². The highest BCUT2D eigenvalue weighted by Crippen LogP contribution is 2.28. The molecule has 2 rings (SSSR count). The standard InChI is InChI=1S/2C6H9NO/c2*1-8-6-2-5(3-6)4-7/h2*5-6H,2-3H2,1H3. The topological polar surface area (TPSA) is 66.0 Å². The van der Waals surface area contributed by atoms with E-state index in [4.69, 9.17) is 20.0 Å². The van der Waals surface area contributed by atoms with Gasteiger partial charge in [-0.2, -0.15) is 10.5 Å². The monoisotopic (exact) mass is 222 g/mol. The van der Waals surface area contributed by atoms with E-state index in [1.807, 2.05) is 0 Å². The molecular weight excluding hydrogens is 204 g/mol. The van der Waals surface area contributed by atoms with Crippen LogP contribution in [0.2, 0.25) is 0 Å². The van der Waals surface area contributed by atoms with Gasteiger partial charge in [0.15, 0.2) is 0 Å². The van der Waals surface area contributed by atoms with Gasteiger partial charge < -0.3 is 9.47 Å². The van der Waals surface area contributed by atoms with Crippen molar-refractivity contribution in [1.82, 2.24) is 0 Å². The molecule has 2 saturated carbocycles. The molecule has 0 aromatic rings. The molecule has 2 aliphatic carbocycles. The maximum absolute atomic E-state index is 8.29. The molecule has 0 aromatic carbocycles. The van der Waals surface area contributed by atoms with Crippen molar-refractivity contribution in [3.05, 3.63) is 0 Å². The third-order valence-corrected chi connectivity index (χ3v) is 3.22. The van der Waals surface area contributed by atoms with Crippen LogP contribution in [0.25, 0.3) is 0 Å². The lowest BCUT2D eigenvalue weighted by atomic mass is 9.84. The van der Waals surface area contributed by atoms with Crippen LogP contribution in [0, 0.1) is 34.5 Å². The Morgan fingerprint density at radius 2 is 1.12 bits per heavy atom.